The second-order valence-corrected chi connectivity index (χ2v) is 13.6. The van der Waals surface area contributed by atoms with Crippen molar-refractivity contribution in [3.05, 3.63) is 170 Å². The van der Waals surface area contributed by atoms with Crippen molar-refractivity contribution in [2.75, 3.05) is 10.6 Å². The van der Waals surface area contributed by atoms with Crippen LogP contribution in [0.5, 0.6) is 11.5 Å². The third kappa shape index (κ3) is 10.2. The summed E-state index contributed by atoms with van der Waals surface area (Å²) in [6, 6.07) is 29.7. The summed E-state index contributed by atoms with van der Waals surface area (Å²) in [4.78, 5) is 25.9. The SMILES string of the molecule is O=C(Cc1ccccc1Nc1c(Cl)cccc1Cl)Oc1cc(O)cc(C=CC2=CCC(OC(=O)Cc3ccccc3Nc3c(Cl)cccc3Cl)C=C2)c1. The number of para-hydroxylation sites is 4. The van der Waals surface area contributed by atoms with E-state index >= 15 is 0 Å². The number of benzene rings is 5. The number of halogens is 4. The van der Waals surface area contributed by atoms with Crippen LogP contribution in [0.3, 0.4) is 0 Å². The summed E-state index contributed by atoms with van der Waals surface area (Å²) in [6.07, 6.45) is 9.36. The summed E-state index contributed by atoms with van der Waals surface area (Å²) < 4.78 is 11.4. The molecule has 6 rings (SSSR count). The second-order valence-electron chi connectivity index (χ2n) is 12.0. The Morgan fingerprint density at radius 3 is 1.79 bits per heavy atom. The fraction of sp³-hybridized carbons (Fsp3) is 0.0952. The van der Waals surface area contributed by atoms with Crippen molar-refractivity contribution in [3.63, 3.8) is 0 Å². The summed E-state index contributed by atoms with van der Waals surface area (Å²) in [5.41, 5.74) is 5.37. The molecule has 7 nitrogen and oxygen atoms in total. The van der Waals surface area contributed by atoms with E-state index in [2.05, 4.69) is 10.6 Å². The summed E-state index contributed by atoms with van der Waals surface area (Å²) in [6.45, 7) is 0. The molecule has 3 N–H and O–H groups in total. The largest absolute Gasteiger partial charge is 0.508 e. The van der Waals surface area contributed by atoms with Gasteiger partial charge in [-0.25, -0.2) is 0 Å². The van der Waals surface area contributed by atoms with Crippen molar-refractivity contribution >= 4 is 87.2 Å². The van der Waals surface area contributed by atoms with E-state index in [1.54, 1.807) is 60.7 Å². The maximum absolute atomic E-state index is 13.0. The fourth-order valence-corrected chi connectivity index (χ4v) is 6.55. The lowest BCUT2D eigenvalue weighted by Gasteiger charge is -2.18. The fourth-order valence-electron chi connectivity index (χ4n) is 5.57. The van der Waals surface area contributed by atoms with Gasteiger partial charge in [-0.2, -0.15) is 0 Å². The molecule has 268 valence electrons. The molecule has 5 aromatic carbocycles. The molecule has 5 aromatic rings. The van der Waals surface area contributed by atoms with Gasteiger partial charge in [-0.15, -0.1) is 0 Å². The number of ether oxygens (including phenoxy) is 2. The van der Waals surface area contributed by atoms with Crippen molar-refractivity contribution in [1.82, 2.24) is 0 Å². The molecule has 0 saturated heterocycles. The number of phenolic OH excluding ortho intramolecular Hbond substituents is 1. The lowest BCUT2D eigenvalue weighted by Crippen LogP contribution is -2.19. The van der Waals surface area contributed by atoms with Crippen molar-refractivity contribution in [1.29, 1.82) is 0 Å². The summed E-state index contributed by atoms with van der Waals surface area (Å²) >= 11 is 25.3. The van der Waals surface area contributed by atoms with Gasteiger partial charge in [0.2, 0.25) is 0 Å². The van der Waals surface area contributed by atoms with Crippen LogP contribution < -0.4 is 15.4 Å². The van der Waals surface area contributed by atoms with Crippen LogP contribution in [0.15, 0.2) is 133 Å². The molecule has 0 heterocycles. The number of aromatic hydroxyl groups is 1. The maximum Gasteiger partial charge on any atom is 0.315 e. The third-order valence-corrected chi connectivity index (χ3v) is 9.39. The number of carbonyl (C=O) groups excluding carboxylic acids is 2. The van der Waals surface area contributed by atoms with Crippen LogP contribution in [0.25, 0.3) is 6.08 Å². The molecule has 1 unspecified atom stereocenters. The average Bonchev–Trinajstić information content (AvgIpc) is 3.12. The molecule has 53 heavy (non-hydrogen) atoms. The Balaban J connectivity index is 1.03. The standard InChI is InChI=1S/C42H32Cl4N2O5/c43-33-9-5-10-34(44)41(33)47-37-13-3-1-7-28(37)23-39(50)52-31-19-17-26(18-20-31)15-16-27-21-30(49)25-32(22-27)53-40(51)24-29-8-2-4-14-38(29)48-42-35(45)11-6-12-36(42)46/h1-19,21-22,25,31,47-49H,20,23-24H2. The van der Waals surface area contributed by atoms with E-state index in [-0.39, 0.29) is 30.3 Å². The Morgan fingerprint density at radius 1 is 0.698 bits per heavy atom. The van der Waals surface area contributed by atoms with Crippen molar-refractivity contribution < 1.29 is 24.2 Å². The highest BCUT2D eigenvalue weighted by molar-refractivity contribution is 6.39. The summed E-state index contributed by atoms with van der Waals surface area (Å²) in [7, 11) is 0. The number of allylic oxidation sites excluding steroid dienone is 3. The minimum Gasteiger partial charge on any atom is -0.508 e. The number of esters is 2. The first-order chi connectivity index (χ1) is 25.6. The van der Waals surface area contributed by atoms with Gasteiger partial charge in [0.25, 0.3) is 0 Å². The van der Waals surface area contributed by atoms with Crippen molar-refractivity contribution in [2.24, 2.45) is 0 Å². The molecule has 1 aliphatic carbocycles. The van der Waals surface area contributed by atoms with Crippen LogP contribution in [-0.4, -0.2) is 23.1 Å². The number of hydrogen-bond acceptors (Lipinski definition) is 7. The lowest BCUT2D eigenvalue weighted by molar-refractivity contribution is -0.146. The zero-order chi connectivity index (χ0) is 37.3. The number of anilines is 4. The predicted molar refractivity (Wildman–Crippen MR) is 214 cm³/mol. The zero-order valence-corrected chi connectivity index (χ0v) is 31.0. The zero-order valence-electron chi connectivity index (χ0n) is 28.0. The molecule has 0 aromatic heterocycles. The third-order valence-electron chi connectivity index (χ3n) is 8.13. The van der Waals surface area contributed by atoms with Gasteiger partial charge in [-0.1, -0.05) is 119 Å². The molecule has 0 aliphatic heterocycles. The number of nitrogens with one attached hydrogen (secondary N) is 2. The van der Waals surface area contributed by atoms with Crippen LogP contribution in [0.2, 0.25) is 20.1 Å². The molecule has 0 saturated carbocycles. The quantitative estimate of drug-likeness (QED) is 0.0856. The maximum atomic E-state index is 13.0. The van der Waals surface area contributed by atoms with Crippen LogP contribution in [0.4, 0.5) is 22.7 Å². The van der Waals surface area contributed by atoms with Gasteiger partial charge in [0.1, 0.15) is 17.6 Å². The van der Waals surface area contributed by atoms with Crippen LogP contribution in [0, 0.1) is 0 Å². The molecule has 1 aliphatic rings. The Morgan fingerprint density at radius 2 is 1.25 bits per heavy atom. The first kappa shape index (κ1) is 37.6. The van der Waals surface area contributed by atoms with E-state index in [0.29, 0.717) is 60.4 Å². The first-order valence-corrected chi connectivity index (χ1v) is 18.0. The van der Waals surface area contributed by atoms with E-state index in [0.717, 1.165) is 11.1 Å². The minimum absolute atomic E-state index is 0.0453. The molecule has 0 fully saturated rings. The van der Waals surface area contributed by atoms with Gasteiger partial charge >= 0.3 is 11.9 Å². The average molecular weight is 787 g/mol. The lowest BCUT2D eigenvalue weighted by atomic mass is 10.0. The van der Waals surface area contributed by atoms with Gasteiger partial charge in [-0.3, -0.25) is 9.59 Å². The molecule has 0 amide bonds. The Hall–Kier alpha value is -5.18. The van der Waals surface area contributed by atoms with E-state index in [4.69, 9.17) is 55.9 Å². The van der Waals surface area contributed by atoms with E-state index in [1.165, 1.54) is 6.07 Å². The normalized spacial score (nSPS) is 13.7. The van der Waals surface area contributed by atoms with Gasteiger partial charge in [0, 0.05) is 23.9 Å². The van der Waals surface area contributed by atoms with Gasteiger partial charge in [0.15, 0.2) is 0 Å². The Kier molecular flexibility index (Phi) is 12.4. The Labute approximate surface area is 327 Å². The smallest absolute Gasteiger partial charge is 0.315 e. The number of hydrogen-bond donors (Lipinski definition) is 3. The molecule has 11 heteroatoms. The van der Waals surface area contributed by atoms with Gasteiger partial charge in [-0.05, 0) is 76.9 Å². The monoisotopic (exact) mass is 784 g/mol. The molecule has 1 atom stereocenters. The summed E-state index contributed by atoms with van der Waals surface area (Å²) in [5, 5.41) is 18.7. The van der Waals surface area contributed by atoms with Crippen LogP contribution >= 0.6 is 46.4 Å². The molecular formula is C42H32Cl4N2O5. The minimum atomic E-state index is -0.520. The molecule has 0 bridgehead atoms. The number of carbonyl (C=O) groups is 2. The van der Waals surface area contributed by atoms with Crippen LogP contribution in [0.1, 0.15) is 23.1 Å². The highest BCUT2D eigenvalue weighted by Crippen LogP contribution is 2.35. The predicted octanol–water partition coefficient (Wildman–Crippen LogP) is 11.7. The van der Waals surface area contributed by atoms with Crippen LogP contribution in [-0.2, 0) is 27.2 Å². The topological polar surface area (TPSA) is 96.9 Å². The highest BCUT2D eigenvalue weighted by atomic mass is 35.5. The van der Waals surface area contributed by atoms with Gasteiger partial charge in [0.05, 0.1) is 44.3 Å². The first-order valence-electron chi connectivity index (χ1n) is 16.5. The van der Waals surface area contributed by atoms with E-state index < -0.39 is 12.1 Å². The molecular weight excluding hydrogens is 754 g/mol. The number of phenols is 1. The van der Waals surface area contributed by atoms with Crippen molar-refractivity contribution in [3.8, 4) is 11.5 Å². The summed E-state index contributed by atoms with van der Waals surface area (Å²) in [5.74, 6) is -0.759. The second kappa shape index (κ2) is 17.6. The molecule has 0 spiro atoms. The number of rotatable bonds is 12. The van der Waals surface area contributed by atoms with Crippen molar-refractivity contribution in [2.45, 2.75) is 25.4 Å². The molecule has 0 radical (unpaired) electrons. The van der Waals surface area contributed by atoms with Gasteiger partial charge < -0.3 is 25.2 Å². The van der Waals surface area contributed by atoms with E-state index in [1.807, 2.05) is 66.8 Å². The highest BCUT2D eigenvalue weighted by Gasteiger charge is 2.17. The Bertz CT molecular complexity index is 2210. The van der Waals surface area contributed by atoms with E-state index in [9.17, 15) is 14.7 Å².